The first-order chi connectivity index (χ1) is 5.79. The second-order valence-electron chi connectivity index (χ2n) is 3.15. The number of hydrogen-bond acceptors (Lipinski definition) is 2. The molecular formula is C10H12N2. The number of aliphatic imine (C=N–C) groups is 1. The fraction of sp³-hybridized carbons (Fsp3) is 0.300. The summed E-state index contributed by atoms with van der Waals surface area (Å²) in [6.45, 7) is 2.07. The first-order valence-corrected chi connectivity index (χ1v) is 4.19. The molecular weight excluding hydrogens is 148 g/mol. The molecule has 1 aliphatic rings. The lowest BCUT2D eigenvalue weighted by atomic mass is 10.00. The van der Waals surface area contributed by atoms with Crippen molar-refractivity contribution in [2.24, 2.45) is 4.99 Å². The van der Waals surface area contributed by atoms with Crippen molar-refractivity contribution < 1.29 is 0 Å². The summed E-state index contributed by atoms with van der Waals surface area (Å²) in [7, 11) is 0. The van der Waals surface area contributed by atoms with E-state index in [1.54, 1.807) is 0 Å². The standard InChI is InChI=1S/C10H12N2/c1-7-4-5-9(11)8-3-2-6-12-10(7)8/h4-6H,2-3,11H2,1H3. The van der Waals surface area contributed by atoms with E-state index in [0.29, 0.717) is 0 Å². The number of aryl methyl sites for hydroxylation is 1. The second kappa shape index (κ2) is 2.63. The van der Waals surface area contributed by atoms with Crippen molar-refractivity contribution in [2.45, 2.75) is 19.8 Å². The maximum atomic E-state index is 5.84. The van der Waals surface area contributed by atoms with E-state index in [-0.39, 0.29) is 0 Å². The van der Waals surface area contributed by atoms with Crippen LogP contribution in [0.15, 0.2) is 17.1 Å². The molecule has 1 aromatic rings. The summed E-state index contributed by atoms with van der Waals surface area (Å²) >= 11 is 0. The number of nitrogens with two attached hydrogens (primary N) is 1. The minimum Gasteiger partial charge on any atom is -0.398 e. The Balaban J connectivity index is 2.67. The van der Waals surface area contributed by atoms with E-state index < -0.39 is 0 Å². The van der Waals surface area contributed by atoms with Crippen LogP contribution in [-0.2, 0) is 6.42 Å². The van der Waals surface area contributed by atoms with Gasteiger partial charge < -0.3 is 5.73 Å². The third-order valence-corrected chi connectivity index (χ3v) is 2.26. The lowest BCUT2D eigenvalue weighted by Gasteiger charge is -2.13. The SMILES string of the molecule is Cc1ccc(N)c2c1N=CCC2. The highest BCUT2D eigenvalue weighted by Crippen LogP contribution is 2.31. The Morgan fingerprint density at radius 3 is 3.00 bits per heavy atom. The molecule has 2 heteroatoms. The maximum Gasteiger partial charge on any atom is 0.0707 e. The number of benzene rings is 1. The topological polar surface area (TPSA) is 38.4 Å². The van der Waals surface area contributed by atoms with Gasteiger partial charge in [-0.15, -0.1) is 0 Å². The largest absolute Gasteiger partial charge is 0.398 e. The molecule has 0 atom stereocenters. The van der Waals surface area contributed by atoms with Crippen molar-refractivity contribution in [1.82, 2.24) is 0 Å². The Morgan fingerprint density at radius 2 is 2.25 bits per heavy atom. The molecule has 12 heavy (non-hydrogen) atoms. The van der Waals surface area contributed by atoms with Gasteiger partial charge >= 0.3 is 0 Å². The van der Waals surface area contributed by atoms with Crippen LogP contribution < -0.4 is 5.73 Å². The molecule has 1 aliphatic heterocycles. The number of nitrogen functional groups attached to an aromatic ring is 1. The van der Waals surface area contributed by atoms with Gasteiger partial charge in [-0.25, -0.2) is 0 Å². The predicted octanol–water partition coefficient (Wildman–Crippen LogP) is 2.23. The molecule has 0 aromatic heterocycles. The Bertz CT molecular complexity index is 340. The Morgan fingerprint density at radius 1 is 1.42 bits per heavy atom. The first-order valence-electron chi connectivity index (χ1n) is 4.19. The van der Waals surface area contributed by atoms with Crippen LogP contribution in [0.3, 0.4) is 0 Å². The number of rotatable bonds is 0. The van der Waals surface area contributed by atoms with Crippen molar-refractivity contribution in [3.05, 3.63) is 23.3 Å². The van der Waals surface area contributed by atoms with E-state index in [4.69, 9.17) is 5.73 Å². The number of fused-ring (bicyclic) bond motifs is 1. The molecule has 2 N–H and O–H groups in total. The molecule has 2 nitrogen and oxygen atoms in total. The van der Waals surface area contributed by atoms with Crippen LogP contribution >= 0.6 is 0 Å². The molecule has 2 rings (SSSR count). The smallest absolute Gasteiger partial charge is 0.0707 e. The highest BCUT2D eigenvalue weighted by Gasteiger charge is 2.10. The first kappa shape index (κ1) is 7.35. The van der Waals surface area contributed by atoms with Crippen molar-refractivity contribution in [3.8, 4) is 0 Å². The van der Waals surface area contributed by atoms with Crippen molar-refractivity contribution in [2.75, 3.05) is 5.73 Å². The molecule has 0 saturated heterocycles. The van der Waals surface area contributed by atoms with Crippen LogP contribution in [0.2, 0.25) is 0 Å². The Hall–Kier alpha value is -1.31. The van der Waals surface area contributed by atoms with Gasteiger partial charge in [0.1, 0.15) is 0 Å². The zero-order chi connectivity index (χ0) is 8.55. The average molecular weight is 160 g/mol. The van der Waals surface area contributed by atoms with Crippen molar-refractivity contribution >= 4 is 17.6 Å². The molecule has 0 amide bonds. The summed E-state index contributed by atoms with van der Waals surface area (Å²) in [5.74, 6) is 0. The normalized spacial score (nSPS) is 14.4. The summed E-state index contributed by atoms with van der Waals surface area (Å²) in [5, 5.41) is 0. The number of hydrogen-bond donors (Lipinski definition) is 1. The second-order valence-corrected chi connectivity index (χ2v) is 3.15. The van der Waals surface area contributed by atoms with E-state index in [2.05, 4.69) is 11.9 Å². The zero-order valence-corrected chi connectivity index (χ0v) is 7.17. The highest BCUT2D eigenvalue weighted by atomic mass is 14.8. The molecule has 0 radical (unpaired) electrons. The monoisotopic (exact) mass is 160 g/mol. The summed E-state index contributed by atoms with van der Waals surface area (Å²) in [5.41, 5.74) is 10.2. The molecule has 0 saturated carbocycles. The quantitative estimate of drug-likeness (QED) is 0.581. The summed E-state index contributed by atoms with van der Waals surface area (Å²) in [6.07, 6.45) is 4.02. The number of anilines is 1. The van der Waals surface area contributed by atoms with Gasteiger partial charge in [-0.3, -0.25) is 4.99 Å². The Labute approximate surface area is 72.1 Å². The van der Waals surface area contributed by atoms with E-state index >= 15 is 0 Å². The molecule has 0 aliphatic carbocycles. The zero-order valence-electron chi connectivity index (χ0n) is 7.17. The lowest BCUT2D eigenvalue weighted by Crippen LogP contribution is -2.00. The van der Waals surface area contributed by atoms with Crippen molar-refractivity contribution in [3.63, 3.8) is 0 Å². The fourth-order valence-electron chi connectivity index (χ4n) is 1.58. The minimum absolute atomic E-state index is 0.882. The van der Waals surface area contributed by atoms with Crippen LogP contribution in [0.5, 0.6) is 0 Å². The van der Waals surface area contributed by atoms with Crippen LogP contribution in [0, 0.1) is 6.92 Å². The van der Waals surface area contributed by atoms with Gasteiger partial charge in [-0.2, -0.15) is 0 Å². The van der Waals surface area contributed by atoms with Crippen LogP contribution in [0.1, 0.15) is 17.5 Å². The summed E-state index contributed by atoms with van der Waals surface area (Å²) < 4.78 is 0. The third kappa shape index (κ3) is 0.998. The molecule has 0 spiro atoms. The molecule has 0 unspecified atom stereocenters. The molecule has 62 valence electrons. The van der Waals surface area contributed by atoms with E-state index in [9.17, 15) is 0 Å². The van der Waals surface area contributed by atoms with Gasteiger partial charge in [-0.1, -0.05) is 6.07 Å². The van der Waals surface area contributed by atoms with Gasteiger partial charge in [0.15, 0.2) is 0 Å². The molecule has 1 heterocycles. The average Bonchev–Trinajstić information content (AvgIpc) is 2.12. The van der Waals surface area contributed by atoms with E-state index in [1.807, 2.05) is 18.3 Å². The fourth-order valence-corrected chi connectivity index (χ4v) is 1.58. The van der Waals surface area contributed by atoms with Crippen LogP contribution in [0.25, 0.3) is 0 Å². The van der Waals surface area contributed by atoms with Gasteiger partial charge in [0, 0.05) is 17.5 Å². The molecule has 1 aromatic carbocycles. The summed E-state index contributed by atoms with van der Waals surface area (Å²) in [6, 6.07) is 3.99. The Kier molecular flexibility index (Phi) is 1.61. The third-order valence-electron chi connectivity index (χ3n) is 2.26. The van der Waals surface area contributed by atoms with Crippen LogP contribution in [-0.4, -0.2) is 6.21 Å². The van der Waals surface area contributed by atoms with Gasteiger partial charge in [0.05, 0.1) is 5.69 Å². The van der Waals surface area contributed by atoms with Gasteiger partial charge in [0.25, 0.3) is 0 Å². The van der Waals surface area contributed by atoms with Gasteiger partial charge in [0.2, 0.25) is 0 Å². The van der Waals surface area contributed by atoms with E-state index in [1.165, 1.54) is 11.1 Å². The maximum absolute atomic E-state index is 5.84. The predicted molar refractivity (Wildman–Crippen MR) is 52.1 cm³/mol. The van der Waals surface area contributed by atoms with E-state index in [0.717, 1.165) is 24.2 Å². The number of nitrogens with zero attached hydrogens (tertiary/aromatic N) is 1. The lowest BCUT2D eigenvalue weighted by molar-refractivity contribution is 1.03. The summed E-state index contributed by atoms with van der Waals surface area (Å²) in [4.78, 5) is 4.35. The molecule has 0 bridgehead atoms. The van der Waals surface area contributed by atoms with Gasteiger partial charge in [-0.05, 0) is 31.4 Å². The minimum atomic E-state index is 0.882. The van der Waals surface area contributed by atoms with Crippen molar-refractivity contribution in [1.29, 1.82) is 0 Å². The molecule has 0 fully saturated rings. The van der Waals surface area contributed by atoms with Crippen LogP contribution in [0.4, 0.5) is 11.4 Å². The highest BCUT2D eigenvalue weighted by molar-refractivity contribution is 5.75.